The van der Waals surface area contributed by atoms with Crippen molar-refractivity contribution >= 4 is 17.0 Å². The molecule has 100 valence electrons. The second kappa shape index (κ2) is 4.66. The molecule has 0 radical (unpaired) electrons. The van der Waals surface area contributed by atoms with E-state index in [9.17, 15) is 4.79 Å². The van der Waals surface area contributed by atoms with Gasteiger partial charge in [-0.2, -0.15) is 0 Å². The predicted molar refractivity (Wildman–Crippen MR) is 70.3 cm³/mol. The summed E-state index contributed by atoms with van der Waals surface area (Å²) >= 11 is 0. The van der Waals surface area contributed by atoms with Gasteiger partial charge >= 0.3 is 5.97 Å². The summed E-state index contributed by atoms with van der Waals surface area (Å²) in [5.41, 5.74) is 2.86. The molecule has 1 fully saturated rings. The van der Waals surface area contributed by atoms with Crippen molar-refractivity contribution in [2.45, 2.75) is 32.4 Å². The van der Waals surface area contributed by atoms with Gasteiger partial charge in [-0.05, 0) is 43.9 Å². The number of aryl methyl sites for hydroxylation is 1. The number of aromatic carboxylic acids is 1. The Morgan fingerprint density at radius 2 is 2.32 bits per heavy atom. The maximum absolute atomic E-state index is 11.1. The molecule has 1 aliphatic rings. The summed E-state index contributed by atoms with van der Waals surface area (Å²) in [7, 11) is 0. The second-order valence-corrected chi connectivity index (χ2v) is 4.94. The fraction of sp³-hybridized carbons (Fsp3) is 0.429. The number of imidazole rings is 1. The van der Waals surface area contributed by atoms with Gasteiger partial charge in [0.1, 0.15) is 6.23 Å². The minimum atomic E-state index is -0.915. The van der Waals surface area contributed by atoms with Gasteiger partial charge in [-0.15, -0.1) is 0 Å². The van der Waals surface area contributed by atoms with E-state index in [0.29, 0.717) is 5.56 Å². The molecule has 1 saturated heterocycles. The fourth-order valence-electron chi connectivity index (χ4n) is 2.60. The van der Waals surface area contributed by atoms with E-state index >= 15 is 0 Å². The number of carboxylic acid groups (broad SMARTS) is 1. The minimum absolute atomic E-state index is 0.0257. The number of carbonyl (C=O) groups is 1. The Kier molecular flexibility index (Phi) is 2.98. The minimum Gasteiger partial charge on any atom is -0.478 e. The molecular weight excluding hydrogens is 244 g/mol. The number of hydrogen-bond donors (Lipinski definition) is 1. The van der Waals surface area contributed by atoms with Gasteiger partial charge in [0.15, 0.2) is 0 Å². The van der Waals surface area contributed by atoms with Crippen LogP contribution in [0, 0.1) is 6.92 Å². The Bertz CT molecular complexity index is 627. The van der Waals surface area contributed by atoms with E-state index in [0.717, 1.165) is 42.5 Å². The lowest BCUT2D eigenvalue weighted by Gasteiger charge is -2.24. The molecule has 1 atom stereocenters. The van der Waals surface area contributed by atoms with E-state index in [1.54, 1.807) is 18.5 Å². The van der Waals surface area contributed by atoms with Crippen LogP contribution in [-0.2, 0) is 4.74 Å². The van der Waals surface area contributed by atoms with Crippen molar-refractivity contribution in [3.05, 3.63) is 29.6 Å². The third-order valence-corrected chi connectivity index (χ3v) is 3.58. The van der Waals surface area contributed by atoms with Crippen molar-refractivity contribution < 1.29 is 14.6 Å². The summed E-state index contributed by atoms with van der Waals surface area (Å²) in [4.78, 5) is 15.5. The lowest BCUT2D eigenvalue weighted by molar-refractivity contribution is -0.0295. The smallest absolute Gasteiger partial charge is 0.335 e. The number of nitrogens with zero attached hydrogens (tertiary/aromatic N) is 2. The zero-order valence-electron chi connectivity index (χ0n) is 10.8. The van der Waals surface area contributed by atoms with E-state index in [4.69, 9.17) is 9.84 Å². The molecule has 0 spiro atoms. The Morgan fingerprint density at radius 3 is 3.00 bits per heavy atom. The summed E-state index contributed by atoms with van der Waals surface area (Å²) in [6, 6.07) is 3.33. The number of fused-ring (bicyclic) bond motifs is 1. The summed E-state index contributed by atoms with van der Waals surface area (Å²) in [6.07, 6.45) is 4.88. The van der Waals surface area contributed by atoms with E-state index in [1.807, 2.05) is 11.5 Å². The van der Waals surface area contributed by atoms with Crippen LogP contribution >= 0.6 is 0 Å². The number of ether oxygens (including phenoxy) is 1. The summed E-state index contributed by atoms with van der Waals surface area (Å²) < 4.78 is 7.70. The molecule has 2 aromatic rings. The van der Waals surface area contributed by atoms with Crippen LogP contribution in [-0.4, -0.2) is 27.2 Å². The Hall–Kier alpha value is -1.88. The molecule has 5 heteroatoms. The monoisotopic (exact) mass is 260 g/mol. The van der Waals surface area contributed by atoms with E-state index < -0.39 is 5.97 Å². The van der Waals surface area contributed by atoms with Crippen molar-refractivity contribution in [1.29, 1.82) is 0 Å². The van der Waals surface area contributed by atoms with Gasteiger partial charge in [0.05, 0.1) is 22.9 Å². The van der Waals surface area contributed by atoms with E-state index in [1.165, 1.54) is 0 Å². The third-order valence-electron chi connectivity index (χ3n) is 3.58. The van der Waals surface area contributed by atoms with E-state index in [-0.39, 0.29) is 6.23 Å². The van der Waals surface area contributed by atoms with Gasteiger partial charge in [-0.3, -0.25) is 0 Å². The highest BCUT2D eigenvalue weighted by atomic mass is 16.5. The average molecular weight is 260 g/mol. The molecule has 1 aliphatic heterocycles. The number of hydrogen-bond acceptors (Lipinski definition) is 3. The maximum Gasteiger partial charge on any atom is 0.335 e. The normalized spacial score (nSPS) is 19.7. The third kappa shape index (κ3) is 2.10. The predicted octanol–water partition coefficient (Wildman–Crippen LogP) is 2.74. The lowest BCUT2D eigenvalue weighted by atomic mass is 10.1. The SMILES string of the molecule is Cc1cc(C(=O)O)cc2c1ncn2C1CCCCO1. The molecule has 0 saturated carbocycles. The molecule has 0 aliphatic carbocycles. The second-order valence-electron chi connectivity index (χ2n) is 4.94. The van der Waals surface area contributed by atoms with Gasteiger partial charge in [0.25, 0.3) is 0 Å². The largest absolute Gasteiger partial charge is 0.478 e. The summed E-state index contributed by atoms with van der Waals surface area (Å²) in [5.74, 6) is -0.915. The van der Waals surface area contributed by atoms with Crippen molar-refractivity contribution in [3.8, 4) is 0 Å². The number of rotatable bonds is 2. The summed E-state index contributed by atoms with van der Waals surface area (Å²) in [6.45, 7) is 2.63. The van der Waals surface area contributed by atoms with E-state index in [2.05, 4.69) is 4.98 Å². The molecule has 1 N–H and O–H groups in total. The number of benzene rings is 1. The topological polar surface area (TPSA) is 64.3 Å². The highest BCUT2D eigenvalue weighted by Gasteiger charge is 2.19. The highest BCUT2D eigenvalue weighted by Crippen LogP contribution is 2.28. The molecule has 1 unspecified atom stereocenters. The highest BCUT2D eigenvalue weighted by molar-refractivity contribution is 5.93. The first-order chi connectivity index (χ1) is 9.16. The number of aromatic nitrogens is 2. The van der Waals surface area contributed by atoms with Crippen LogP contribution in [0.1, 0.15) is 41.4 Å². The first kappa shape index (κ1) is 12.2. The van der Waals surface area contributed by atoms with Crippen LogP contribution in [0.15, 0.2) is 18.5 Å². The zero-order valence-corrected chi connectivity index (χ0v) is 10.8. The first-order valence-electron chi connectivity index (χ1n) is 6.49. The van der Waals surface area contributed by atoms with Gasteiger partial charge in [0, 0.05) is 6.61 Å². The van der Waals surface area contributed by atoms with Crippen molar-refractivity contribution in [2.75, 3.05) is 6.61 Å². The lowest BCUT2D eigenvalue weighted by Crippen LogP contribution is -2.17. The standard InChI is InChI=1S/C14H16N2O3/c1-9-6-10(14(17)18)7-11-13(9)15-8-16(11)12-4-2-3-5-19-12/h6-8,12H,2-5H2,1H3,(H,17,18). The Morgan fingerprint density at radius 1 is 1.47 bits per heavy atom. The van der Waals surface area contributed by atoms with Crippen LogP contribution in [0.25, 0.3) is 11.0 Å². The molecule has 2 heterocycles. The molecule has 1 aromatic heterocycles. The molecule has 19 heavy (non-hydrogen) atoms. The fourth-order valence-corrected chi connectivity index (χ4v) is 2.60. The van der Waals surface area contributed by atoms with Crippen LogP contribution in [0.3, 0.4) is 0 Å². The van der Waals surface area contributed by atoms with Crippen LogP contribution < -0.4 is 0 Å². The maximum atomic E-state index is 11.1. The molecule has 0 amide bonds. The molecule has 0 bridgehead atoms. The number of carboxylic acids is 1. The van der Waals surface area contributed by atoms with Gasteiger partial charge < -0.3 is 14.4 Å². The molecule has 3 rings (SSSR count). The Balaban J connectivity index is 2.12. The Labute approximate surface area is 110 Å². The van der Waals surface area contributed by atoms with Gasteiger partial charge in [0.2, 0.25) is 0 Å². The van der Waals surface area contributed by atoms with Crippen molar-refractivity contribution in [1.82, 2.24) is 9.55 Å². The molecular formula is C14H16N2O3. The van der Waals surface area contributed by atoms with Gasteiger partial charge in [-0.25, -0.2) is 9.78 Å². The average Bonchev–Trinajstić information content (AvgIpc) is 2.84. The molecule has 5 nitrogen and oxygen atoms in total. The summed E-state index contributed by atoms with van der Waals surface area (Å²) in [5, 5.41) is 9.15. The van der Waals surface area contributed by atoms with Crippen LogP contribution in [0.5, 0.6) is 0 Å². The zero-order chi connectivity index (χ0) is 13.4. The quantitative estimate of drug-likeness (QED) is 0.901. The van der Waals surface area contributed by atoms with Crippen molar-refractivity contribution in [2.24, 2.45) is 0 Å². The van der Waals surface area contributed by atoms with Crippen LogP contribution in [0.4, 0.5) is 0 Å². The first-order valence-corrected chi connectivity index (χ1v) is 6.49. The molecule has 1 aromatic carbocycles. The van der Waals surface area contributed by atoms with Gasteiger partial charge in [-0.1, -0.05) is 0 Å². The van der Waals surface area contributed by atoms with Crippen molar-refractivity contribution in [3.63, 3.8) is 0 Å². The van der Waals surface area contributed by atoms with Crippen LogP contribution in [0.2, 0.25) is 0 Å².